The van der Waals surface area contributed by atoms with Gasteiger partial charge in [-0.15, -0.1) is 0 Å². The van der Waals surface area contributed by atoms with Crippen LogP contribution in [0, 0.1) is 0 Å². The second-order valence-electron chi connectivity index (χ2n) is 4.49. The highest BCUT2D eigenvalue weighted by molar-refractivity contribution is 5.82. The summed E-state index contributed by atoms with van der Waals surface area (Å²) in [7, 11) is 1.60. The lowest BCUT2D eigenvalue weighted by Gasteiger charge is -2.19. The number of benzene rings is 1. The summed E-state index contributed by atoms with van der Waals surface area (Å²) in [6.07, 6.45) is 0. The van der Waals surface area contributed by atoms with Crippen molar-refractivity contribution in [2.24, 2.45) is 0 Å². The van der Waals surface area contributed by atoms with Gasteiger partial charge in [0.2, 0.25) is 5.91 Å². The average molecular weight is 280 g/mol. The zero-order chi connectivity index (χ0) is 15.1. The van der Waals surface area contributed by atoms with Gasteiger partial charge in [0.15, 0.2) is 0 Å². The molecule has 0 heterocycles. The molecule has 6 nitrogen and oxygen atoms in total. The van der Waals surface area contributed by atoms with Crippen molar-refractivity contribution in [3.63, 3.8) is 0 Å². The van der Waals surface area contributed by atoms with Crippen molar-refractivity contribution in [3.8, 4) is 5.75 Å². The van der Waals surface area contributed by atoms with Crippen molar-refractivity contribution >= 4 is 11.9 Å². The Morgan fingerprint density at radius 2 is 1.90 bits per heavy atom. The topological polar surface area (TPSA) is 87.7 Å². The van der Waals surface area contributed by atoms with Crippen molar-refractivity contribution < 1.29 is 19.4 Å². The lowest BCUT2D eigenvalue weighted by Crippen LogP contribution is -2.46. The van der Waals surface area contributed by atoms with E-state index >= 15 is 0 Å². The van der Waals surface area contributed by atoms with Gasteiger partial charge in [0, 0.05) is 19.5 Å². The number of carboxylic acids is 1. The third kappa shape index (κ3) is 4.89. The van der Waals surface area contributed by atoms with Gasteiger partial charge < -0.3 is 20.5 Å². The lowest BCUT2D eigenvalue weighted by atomic mass is 10.1. The molecule has 0 aliphatic heterocycles. The Morgan fingerprint density at radius 1 is 1.30 bits per heavy atom. The summed E-state index contributed by atoms with van der Waals surface area (Å²) in [6, 6.07) is 6.53. The highest BCUT2D eigenvalue weighted by Crippen LogP contribution is 2.17. The molecule has 1 aromatic carbocycles. The predicted octanol–water partition coefficient (Wildman–Crippen LogP) is 0.935. The summed E-state index contributed by atoms with van der Waals surface area (Å²) in [5, 5.41) is 14.5. The third-order valence-corrected chi connectivity index (χ3v) is 2.92. The first-order valence-corrected chi connectivity index (χ1v) is 6.31. The second kappa shape index (κ2) is 7.49. The molecule has 1 rings (SSSR count). The summed E-state index contributed by atoms with van der Waals surface area (Å²) in [6.45, 7) is 3.37. The van der Waals surface area contributed by atoms with Crippen LogP contribution in [0.2, 0.25) is 0 Å². The van der Waals surface area contributed by atoms with Crippen LogP contribution in [-0.4, -0.2) is 36.7 Å². The minimum atomic E-state index is -1.06. The number of carbonyl (C=O) groups is 2. The van der Waals surface area contributed by atoms with Gasteiger partial charge in [-0.3, -0.25) is 4.79 Å². The van der Waals surface area contributed by atoms with E-state index in [9.17, 15) is 9.59 Å². The maximum Gasteiger partial charge on any atom is 0.327 e. The van der Waals surface area contributed by atoms with E-state index in [1.807, 2.05) is 31.2 Å². The van der Waals surface area contributed by atoms with E-state index in [0.29, 0.717) is 0 Å². The average Bonchev–Trinajstić information content (AvgIpc) is 2.42. The number of hydrogen-bond acceptors (Lipinski definition) is 4. The third-order valence-electron chi connectivity index (χ3n) is 2.92. The van der Waals surface area contributed by atoms with Gasteiger partial charge in [-0.2, -0.15) is 0 Å². The molecule has 0 radical (unpaired) electrons. The molecule has 20 heavy (non-hydrogen) atoms. The molecule has 0 aliphatic rings. The monoisotopic (exact) mass is 280 g/mol. The highest BCUT2D eigenvalue weighted by Gasteiger charge is 2.19. The summed E-state index contributed by atoms with van der Waals surface area (Å²) < 4.78 is 5.08. The van der Waals surface area contributed by atoms with Crippen LogP contribution in [0.25, 0.3) is 0 Å². The fourth-order valence-electron chi connectivity index (χ4n) is 1.75. The number of methoxy groups -OCH3 is 1. The second-order valence-corrected chi connectivity index (χ2v) is 4.49. The minimum absolute atomic E-state index is 0.0310. The molecule has 0 aliphatic carbocycles. The van der Waals surface area contributed by atoms with Crippen molar-refractivity contribution in [1.29, 1.82) is 0 Å². The van der Waals surface area contributed by atoms with Crippen LogP contribution in [0.5, 0.6) is 5.75 Å². The van der Waals surface area contributed by atoms with Gasteiger partial charge in [0.05, 0.1) is 7.11 Å². The number of carboxylic acid groups (broad SMARTS) is 1. The lowest BCUT2D eigenvalue weighted by molar-refractivity contribution is -0.141. The Labute approximate surface area is 118 Å². The molecular weight excluding hydrogens is 260 g/mol. The number of rotatable bonds is 7. The SMILES string of the molecule is COc1ccc([C@H](C)NCC(NC(C)=O)C(=O)O)cc1. The zero-order valence-corrected chi connectivity index (χ0v) is 11.8. The Balaban J connectivity index is 2.57. The number of amides is 1. The van der Waals surface area contributed by atoms with Crippen molar-refractivity contribution in [1.82, 2.24) is 10.6 Å². The van der Waals surface area contributed by atoms with Crippen molar-refractivity contribution in [2.45, 2.75) is 25.9 Å². The summed E-state index contributed by atoms with van der Waals surface area (Å²) in [4.78, 5) is 21.9. The molecule has 1 unspecified atom stereocenters. The van der Waals surface area contributed by atoms with Gasteiger partial charge in [-0.25, -0.2) is 4.79 Å². The number of aliphatic carboxylic acids is 1. The molecule has 110 valence electrons. The Bertz CT molecular complexity index is 459. The molecule has 0 saturated carbocycles. The molecule has 0 fully saturated rings. The normalized spacial score (nSPS) is 13.3. The highest BCUT2D eigenvalue weighted by atomic mass is 16.5. The summed E-state index contributed by atoms with van der Waals surface area (Å²) >= 11 is 0. The largest absolute Gasteiger partial charge is 0.497 e. The van der Waals surface area contributed by atoms with Gasteiger partial charge in [-0.05, 0) is 24.6 Å². The van der Waals surface area contributed by atoms with Crippen LogP contribution in [0.3, 0.4) is 0 Å². The van der Waals surface area contributed by atoms with Gasteiger partial charge in [-0.1, -0.05) is 12.1 Å². The number of nitrogens with one attached hydrogen (secondary N) is 2. The molecular formula is C14H20N2O4. The summed E-state index contributed by atoms with van der Waals surface area (Å²) in [5.41, 5.74) is 1.01. The minimum Gasteiger partial charge on any atom is -0.497 e. The van der Waals surface area contributed by atoms with Gasteiger partial charge in [0.25, 0.3) is 0 Å². The van der Waals surface area contributed by atoms with E-state index in [1.165, 1.54) is 6.92 Å². The first-order valence-electron chi connectivity index (χ1n) is 6.31. The summed E-state index contributed by atoms with van der Waals surface area (Å²) in [5.74, 6) is -0.659. The van der Waals surface area contributed by atoms with Gasteiger partial charge in [0.1, 0.15) is 11.8 Å². The van der Waals surface area contributed by atoms with E-state index < -0.39 is 12.0 Å². The fourth-order valence-corrected chi connectivity index (χ4v) is 1.75. The molecule has 0 saturated heterocycles. The van der Waals surface area contributed by atoms with E-state index in [-0.39, 0.29) is 18.5 Å². The van der Waals surface area contributed by atoms with Crippen LogP contribution >= 0.6 is 0 Å². The Kier molecular flexibility index (Phi) is 5.99. The Hall–Kier alpha value is -2.08. The Morgan fingerprint density at radius 3 is 2.35 bits per heavy atom. The molecule has 2 atom stereocenters. The predicted molar refractivity (Wildman–Crippen MR) is 74.7 cm³/mol. The maximum absolute atomic E-state index is 11.0. The number of carbonyl (C=O) groups excluding carboxylic acids is 1. The van der Waals surface area contributed by atoms with E-state index in [0.717, 1.165) is 11.3 Å². The van der Waals surface area contributed by atoms with Crippen molar-refractivity contribution in [3.05, 3.63) is 29.8 Å². The zero-order valence-electron chi connectivity index (χ0n) is 11.8. The van der Waals surface area contributed by atoms with Crippen LogP contribution < -0.4 is 15.4 Å². The molecule has 1 aromatic rings. The van der Waals surface area contributed by atoms with E-state index in [1.54, 1.807) is 7.11 Å². The van der Waals surface area contributed by atoms with Crippen LogP contribution in [-0.2, 0) is 9.59 Å². The quantitative estimate of drug-likeness (QED) is 0.691. The standard InChI is InChI=1S/C14H20N2O4/c1-9(11-4-6-12(20-3)7-5-11)15-8-13(14(18)19)16-10(2)17/h4-7,9,13,15H,8H2,1-3H3,(H,16,17)(H,18,19)/t9-,13?/m0/s1. The van der Waals surface area contributed by atoms with Crippen LogP contribution in [0.4, 0.5) is 0 Å². The van der Waals surface area contributed by atoms with Crippen molar-refractivity contribution in [2.75, 3.05) is 13.7 Å². The maximum atomic E-state index is 11.0. The first kappa shape index (κ1) is 16.0. The molecule has 0 bridgehead atoms. The number of hydrogen-bond donors (Lipinski definition) is 3. The van der Waals surface area contributed by atoms with E-state index in [4.69, 9.17) is 9.84 Å². The molecule has 0 spiro atoms. The van der Waals surface area contributed by atoms with Crippen LogP contribution in [0.1, 0.15) is 25.5 Å². The fraction of sp³-hybridized carbons (Fsp3) is 0.429. The van der Waals surface area contributed by atoms with Crippen LogP contribution in [0.15, 0.2) is 24.3 Å². The molecule has 6 heteroatoms. The first-order chi connectivity index (χ1) is 9.43. The van der Waals surface area contributed by atoms with Gasteiger partial charge >= 0.3 is 5.97 Å². The smallest absolute Gasteiger partial charge is 0.327 e. The number of ether oxygens (including phenoxy) is 1. The molecule has 1 amide bonds. The molecule has 0 aromatic heterocycles. The molecule has 3 N–H and O–H groups in total. The van der Waals surface area contributed by atoms with E-state index in [2.05, 4.69) is 10.6 Å².